The summed E-state index contributed by atoms with van der Waals surface area (Å²) in [7, 11) is 0. The van der Waals surface area contributed by atoms with Crippen molar-refractivity contribution in [3.8, 4) is 6.07 Å². The Morgan fingerprint density at radius 3 is 2.59 bits per heavy atom. The highest BCUT2D eigenvalue weighted by Gasteiger charge is 2.24. The lowest BCUT2D eigenvalue weighted by Crippen LogP contribution is -2.36. The normalized spacial score (nSPS) is 12.2. The Bertz CT molecular complexity index is 957. The molecule has 3 amide bonds. The van der Waals surface area contributed by atoms with Gasteiger partial charge in [0.15, 0.2) is 6.10 Å². The van der Waals surface area contributed by atoms with Crippen molar-refractivity contribution >= 4 is 35.2 Å². The van der Waals surface area contributed by atoms with Crippen molar-refractivity contribution in [3.63, 3.8) is 0 Å². The van der Waals surface area contributed by atoms with Gasteiger partial charge in [-0.1, -0.05) is 35.9 Å². The van der Waals surface area contributed by atoms with Gasteiger partial charge in [-0.3, -0.25) is 9.59 Å². The lowest BCUT2D eigenvalue weighted by atomic mass is 10.0. The van der Waals surface area contributed by atoms with E-state index in [9.17, 15) is 14.4 Å². The van der Waals surface area contributed by atoms with Crippen LogP contribution in [0.4, 0.5) is 10.5 Å². The van der Waals surface area contributed by atoms with Crippen molar-refractivity contribution in [1.29, 1.82) is 5.26 Å². The molecule has 0 unspecified atom stereocenters. The maximum atomic E-state index is 12.3. The Balaban J connectivity index is 2.01. The van der Waals surface area contributed by atoms with Gasteiger partial charge in [0.25, 0.3) is 5.91 Å². The topological polar surface area (TPSA) is 134 Å². The molecule has 2 aromatic rings. The fraction of sp³-hybridized carbons (Fsp3) is 0.200. The summed E-state index contributed by atoms with van der Waals surface area (Å²) >= 11 is 6.13. The number of hydrogen-bond acceptors (Lipinski definition) is 5. The second-order valence-corrected chi connectivity index (χ2v) is 6.51. The van der Waals surface area contributed by atoms with Gasteiger partial charge >= 0.3 is 12.0 Å². The largest absolute Gasteiger partial charge is 0.452 e. The molecule has 8 nitrogen and oxygen atoms in total. The van der Waals surface area contributed by atoms with Gasteiger partial charge in [0.05, 0.1) is 24.1 Å². The molecule has 0 saturated carbocycles. The number of amides is 3. The quantitative estimate of drug-likeness (QED) is 0.599. The zero-order valence-electron chi connectivity index (χ0n) is 15.5. The summed E-state index contributed by atoms with van der Waals surface area (Å²) in [5.41, 5.74) is 6.46. The van der Waals surface area contributed by atoms with Gasteiger partial charge in [-0.15, -0.1) is 0 Å². The Morgan fingerprint density at radius 1 is 1.21 bits per heavy atom. The summed E-state index contributed by atoms with van der Waals surface area (Å²) in [6, 6.07) is 13.3. The summed E-state index contributed by atoms with van der Waals surface area (Å²) in [6.07, 6.45) is -1.37. The van der Waals surface area contributed by atoms with Crippen LogP contribution in [0.3, 0.4) is 0 Å². The van der Waals surface area contributed by atoms with E-state index in [0.29, 0.717) is 21.8 Å². The summed E-state index contributed by atoms with van der Waals surface area (Å²) in [4.78, 5) is 35.9. The molecule has 29 heavy (non-hydrogen) atoms. The number of carbonyl (C=O) groups is 3. The van der Waals surface area contributed by atoms with Gasteiger partial charge in [0.1, 0.15) is 0 Å². The fourth-order valence-electron chi connectivity index (χ4n) is 2.54. The molecule has 0 spiro atoms. The molecule has 2 rings (SSSR count). The highest BCUT2D eigenvalue weighted by Crippen LogP contribution is 2.25. The first-order chi connectivity index (χ1) is 13.8. The van der Waals surface area contributed by atoms with E-state index in [1.54, 1.807) is 42.5 Å². The van der Waals surface area contributed by atoms with Crippen LogP contribution in [-0.2, 0) is 14.3 Å². The number of primary amides is 1. The molecule has 0 heterocycles. The molecular formula is C20H19ClN4O4. The minimum Gasteiger partial charge on any atom is -0.452 e. The van der Waals surface area contributed by atoms with E-state index < -0.39 is 30.1 Å². The molecule has 0 bridgehead atoms. The summed E-state index contributed by atoms with van der Waals surface area (Å²) in [6.45, 7) is 1.41. The number of anilines is 1. The molecular weight excluding hydrogens is 396 g/mol. The lowest BCUT2D eigenvalue weighted by molar-refractivity contribution is -0.153. The van der Waals surface area contributed by atoms with Crippen LogP contribution in [0.1, 0.15) is 30.5 Å². The van der Waals surface area contributed by atoms with Crippen LogP contribution in [0.15, 0.2) is 48.5 Å². The van der Waals surface area contributed by atoms with Crippen molar-refractivity contribution in [1.82, 2.24) is 5.32 Å². The van der Waals surface area contributed by atoms with Crippen LogP contribution < -0.4 is 16.4 Å². The van der Waals surface area contributed by atoms with Gasteiger partial charge in [0.2, 0.25) is 0 Å². The molecule has 0 aliphatic carbocycles. The number of nitriles is 1. The maximum Gasteiger partial charge on any atom is 0.312 e. The van der Waals surface area contributed by atoms with E-state index in [1.807, 2.05) is 6.07 Å². The monoisotopic (exact) mass is 414 g/mol. The standard InChI is InChI=1S/C20H19ClN4O4/c1-12(19(27)24-14-6-4-5-13(9-14)11-22)29-18(26)10-17(25-20(23)28)15-7-2-3-8-16(15)21/h2-9,12,17H,10H2,1H3,(H,24,27)(H3,23,25,28)/t12-,17+/m1/s1. The van der Waals surface area contributed by atoms with E-state index in [1.165, 1.54) is 13.0 Å². The van der Waals surface area contributed by atoms with Crippen molar-refractivity contribution in [2.75, 3.05) is 5.32 Å². The van der Waals surface area contributed by atoms with Crippen molar-refractivity contribution in [2.45, 2.75) is 25.5 Å². The molecule has 0 fully saturated rings. The highest BCUT2D eigenvalue weighted by molar-refractivity contribution is 6.31. The zero-order valence-corrected chi connectivity index (χ0v) is 16.3. The van der Waals surface area contributed by atoms with Gasteiger partial charge in [-0.25, -0.2) is 4.79 Å². The van der Waals surface area contributed by atoms with Crippen LogP contribution in [-0.4, -0.2) is 24.0 Å². The smallest absolute Gasteiger partial charge is 0.312 e. The third-order valence-corrected chi connectivity index (χ3v) is 4.25. The molecule has 0 radical (unpaired) electrons. The molecule has 0 aliphatic heterocycles. The van der Waals surface area contributed by atoms with Crippen LogP contribution in [0.25, 0.3) is 0 Å². The molecule has 4 N–H and O–H groups in total. The van der Waals surface area contributed by atoms with Crippen LogP contribution in [0.5, 0.6) is 0 Å². The van der Waals surface area contributed by atoms with Gasteiger partial charge in [-0.2, -0.15) is 5.26 Å². The number of nitrogens with one attached hydrogen (secondary N) is 2. The first kappa shape index (κ1) is 21.7. The summed E-state index contributed by atoms with van der Waals surface area (Å²) in [5.74, 6) is -1.29. The minimum absolute atomic E-state index is 0.270. The molecule has 2 aromatic carbocycles. The van der Waals surface area contributed by atoms with Crippen LogP contribution in [0.2, 0.25) is 5.02 Å². The van der Waals surface area contributed by atoms with E-state index >= 15 is 0 Å². The third-order valence-electron chi connectivity index (χ3n) is 3.90. The predicted molar refractivity (Wildman–Crippen MR) is 107 cm³/mol. The number of rotatable bonds is 7. The average Bonchev–Trinajstić information content (AvgIpc) is 2.67. The number of ether oxygens (including phenoxy) is 1. The van der Waals surface area contributed by atoms with Gasteiger partial charge < -0.3 is 21.1 Å². The number of nitrogens with zero attached hydrogens (tertiary/aromatic N) is 1. The van der Waals surface area contributed by atoms with Crippen molar-refractivity contribution in [3.05, 3.63) is 64.7 Å². The second kappa shape index (κ2) is 10.1. The van der Waals surface area contributed by atoms with Crippen LogP contribution >= 0.6 is 11.6 Å². The molecule has 0 aromatic heterocycles. The zero-order chi connectivity index (χ0) is 21.4. The Morgan fingerprint density at radius 2 is 1.93 bits per heavy atom. The Kier molecular flexibility index (Phi) is 7.57. The third kappa shape index (κ3) is 6.52. The number of carbonyl (C=O) groups excluding carboxylic acids is 3. The fourth-order valence-corrected chi connectivity index (χ4v) is 2.81. The number of nitrogens with two attached hydrogens (primary N) is 1. The number of hydrogen-bond donors (Lipinski definition) is 3. The SMILES string of the molecule is C[C@@H](OC(=O)C[C@H](NC(N)=O)c1ccccc1Cl)C(=O)Nc1cccc(C#N)c1. The highest BCUT2D eigenvalue weighted by atomic mass is 35.5. The number of urea groups is 1. The molecule has 9 heteroatoms. The second-order valence-electron chi connectivity index (χ2n) is 6.10. The minimum atomic E-state index is -1.10. The van der Waals surface area contributed by atoms with Crippen molar-refractivity contribution < 1.29 is 19.1 Å². The van der Waals surface area contributed by atoms with E-state index in [0.717, 1.165) is 0 Å². The maximum absolute atomic E-state index is 12.3. The molecule has 0 saturated heterocycles. The van der Waals surface area contributed by atoms with Gasteiger partial charge in [0, 0.05) is 10.7 Å². The molecule has 0 aliphatic rings. The average molecular weight is 415 g/mol. The lowest BCUT2D eigenvalue weighted by Gasteiger charge is -2.20. The van der Waals surface area contributed by atoms with E-state index in [-0.39, 0.29) is 6.42 Å². The Labute approximate surface area is 172 Å². The van der Waals surface area contributed by atoms with Crippen molar-refractivity contribution in [2.24, 2.45) is 5.73 Å². The van der Waals surface area contributed by atoms with Gasteiger partial charge in [-0.05, 0) is 36.8 Å². The first-order valence-electron chi connectivity index (χ1n) is 8.61. The van der Waals surface area contributed by atoms with E-state index in [2.05, 4.69) is 10.6 Å². The van der Waals surface area contributed by atoms with Crippen LogP contribution in [0, 0.1) is 11.3 Å². The number of benzene rings is 2. The number of esters is 1. The number of halogens is 1. The van der Waals surface area contributed by atoms with E-state index in [4.69, 9.17) is 27.3 Å². The summed E-state index contributed by atoms with van der Waals surface area (Å²) < 4.78 is 5.16. The first-order valence-corrected chi connectivity index (χ1v) is 8.99. The summed E-state index contributed by atoms with van der Waals surface area (Å²) in [5, 5.41) is 14.3. The predicted octanol–water partition coefficient (Wildman–Crippen LogP) is 2.88. The Hall–Kier alpha value is -3.57. The molecule has 2 atom stereocenters. The molecule has 150 valence electrons.